The highest BCUT2D eigenvalue weighted by atomic mass is 79.9. The van der Waals surface area contributed by atoms with Crippen molar-refractivity contribution in [2.45, 2.75) is 26.7 Å². The predicted molar refractivity (Wildman–Crippen MR) is 104 cm³/mol. The van der Waals surface area contributed by atoms with Gasteiger partial charge >= 0.3 is 6.03 Å². The van der Waals surface area contributed by atoms with E-state index in [-0.39, 0.29) is 5.92 Å². The van der Waals surface area contributed by atoms with Gasteiger partial charge in [-0.3, -0.25) is 4.68 Å². The summed E-state index contributed by atoms with van der Waals surface area (Å²) in [6.45, 7) is 6.15. The molecule has 2 heterocycles. The van der Waals surface area contributed by atoms with Gasteiger partial charge in [0.25, 0.3) is 0 Å². The Bertz CT molecular complexity index is 968. The van der Waals surface area contributed by atoms with Gasteiger partial charge < -0.3 is 10.2 Å². The number of hydrogen-bond donors (Lipinski definition) is 2. The monoisotopic (exact) mass is 417 g/mol. The minimum absolute atomic E-state index is 0.265. The molecular formula is C18H20BrN5O2. The molecule has 2 N–H and O–H groups in total. The molecule has 2 aromatic heterocycles. The molecule has 0 aliphatic carbocycles. The van der Waals surface area contributed by atoms with E-state index in [0.717, 1.165) is 26.8 Å². The Morgan fingerprint density at radius 1 is 1.31 bits per heavy atom. The van der Waals surface area contributed by atoms with E-state index in [1.165, 1.54) is 0 Å². The van der Waals surface area contributed by atoms with Crippen LogP contribution >= 0.6 is 15.9 Å². The quantitative estimate of drug-likeness (QED) is 0.620. The summed E-state index contributed by atoms with van der Waals surface area (Å²) >= 11 is 3.36. The van der Waals surface area contributed by atoms with E-state index < -0.39 is 6.03 Å². The van der Waals surface area contributed by atoms with E-state index in [9.17, 15) is 4.79 Å². The van der Waals surface area contributed by atoms with Crippen molar-refractivity contribution >= 4 is 38.7 Å². The van der Waals surface area contributed by atoms with Gasteiger partial charge in [-0.1, -0.05) is 35.8 Å². The van der Waals surface area contributed by atoms with Crippen molar-refractivity contribution in [3.63, 3.8) is 0 Å². The number of anilines is 1. The highest BCUT2D eigenvalue weighted by Crippen LogP contribution is 2.29. The molecule has 3 aromatic rings. The third-order valence-corrected chi connectivity index (χ3v) is 4.42. The van der Waals surface area contributed by atoms with Gasteiger partial charge in [0.05, 0.1) is 5.69 Å². The number of hydroxylamine groups is 1. The number of aryl methyl sites for hydroxylation is 2. The van der Waals surface area contributed by atoms with Crippen LogP contribution in [-0.4, -0.2) is 20.8 Å². The van der Waals surface area contributed by atoms with E-state index in [2.05, 4.69) is 50.7 Å². The molecule has 26 heavy (non-hydrogen) atoms. The average molecular weight is 418 g/mol. The molecule has 0 spiro atoms. The van der Waals surface area contributed by atoms with Crippen LogP contribution in [0.3, 0.4) is 0 Å². The van der Waals surface area contributed by atoms with Gasteiger partial charge in [0.2, 0.25) is 5.88 Å². The van der Waals surface area contributed by atoms with Crippen molar-refractivity contribution in [1.29, 1.82) is 0 Å². The summed E-state index contributed by atoms with van der Waals surface area (Å²) in [5.41, 5.74) is 5.73. The molecule has 0 fully saturated rings. The summed E-state index contributed by atoms with van der Waals surface area (Å²) in [7, 11) is 1.84. The maximum absolute atomic E-state index is 12.0. The van der Waals surface area contributed by atoms with Crippen LogP contribution < -0.4 is 15.6 Å². The second kappa shape index (κ2) is 7.33. The van der Waals surface area contributed by atoms with Crippen LogP contribution in [0.4, 0.5) is 10.5 Å². The lowest BCUT2D eigenvalue weighted by molar-refractivity contribution is 0.184. The Kier molecular flexibility index (Phi) is 5.13. The Morgan fingerprint density at radius 3 is 2.77 bits per heavy atom. The molecule has 2 amide bonds. The fraction of sp³-hybridized carbons (Fsp3) is 0.278. The number of halogens is 1. The number of rotatable bonds is 4. The lowest BCUT2D eigenvalue weighted by atomic mass is 10.00. The first kappa shape index (κ1) is 18.2. The van der Waals surface area contributed by atoms with E-state index in [1.807, 2.05) is 32.2 Å². The van der Waals surface area contributed by atoms with Crippen molar-refractivity contribution in [2.75, 3.05) is 5.32 Å². The summed E-state index contributed by atoms with van der Waals surface area (Å²) in [6.07, 6.45) is 0. The first-order valence-corrected chi connectivity index (χ1v) is 8.98. The highest BCUT2D eigenvalue weighted by molar-refractivity contribution is 9.10. The van der Waals surface area contributed by atoms with Crippen LogP contribution in [0.2, 0.25) is 0 Å². The molecule has 0 aliphatic rings. The number of amides is 2. The maximum atomic E-state index is 12.0. The number of aromatic nitrogens is 3. The first-order chi connectivity index (χ1) is 12.3. The Morgan fingerprint density at radius 2 is 2.08 bits per heavy atom. The first-order valence-electron chi connectivity index (χ1n) is 8.19. The molecule has 136 valence electrons. The molecule has 0 unspecified atom stereocenters. The Balaban J connectivity index is 1.78. The third kappa shape index (κ3) is 3.80. The van der Waals surface area contributed by atoms with Crippen molar-refractivity contribution in [3.8, 4) is 5.88 Å². The molecule has 7 nitrogen and oxygen atoms in total. The number of carbonyl (C=O) groups is 1. The molecule has 3 rings (SSSR count). The number of nitrogens with one attached hydrogen (secondary N) is 2. The van der Waals surface area contributed by atoms with Crippen LogP contribution in [0.5, 0.6) is 5.88 Å². The van der Waals surface area contributed by atoms with Gasteiger partial charge in [-0.15, -0.1) is 0 Å². The fourth-order valence-corrected chi connectivity index (χ4v) is 3.18. The summed E-state index contributed by atoms with van der Waals surface area (Å²) in [5.74, 6) is 0.579. The van der Waals surface area contributed by atoms with E-state index >= 15 is 0 Å². The number of pyridine rings is 1. The zero-order valence-electron chi connectivity index (χ0n) is 15.0. The Labute approximate surface area is 159 Å². The van der Waals surface area contributed by atoms with E-state index in [4.69, 9.17) is 4.84 Å². The lowest BCUT2D eigenvalue weighted by Crippen LogP contribution is -2.32. The minimum atomic E-state index is -0.489. The number of urea groups is 1. The average Bonchev–Trinajstić information content (AvgIpc) is 2.86. The van der Waals surface area contributed by atoms with Crippen LogP contribution in [-0.2, 0) is 7.05 Å². The molecule has 0 radical (unpaired) electrons. The van der Waals surface area contributed by atoms with Gasteiger partial charge in [-0.05, 0) is 36.6 Å². The van der Waals surface area contributed by atoms with Crippen molar-refractivity contribution in [2.24, 2.45) is 7.05 Å². The number of fused-ring (bicyclic) bond motifs is 1. The zero-order valence-corrected chi connectivity index (χ0v) is 16.6. The van der Waals surface area contributed by atoms with Crippen LogP contribution in [0.15, 0.2) is 34.8 Å². The third-order valence-electron chi connectivity index (χ3n) is 3.93. The molecule has 0 saturated heterocycles. The second-order valence-electron chi connectivity index (χ2n) is 6.28. The predicted octanol–water partition coefficient (Wildman–Crippen LogP) is 4.28. The summed E-state index contributed by atoms with van der Waals surface area (Å²) in [4.78, 5) is 21.9. The Hall–Kier alpha value is -2.61. The van der Waals surface area contributed by atoms with Crippen LogP contribution in [0, 0.1) is 6.92 Å². The maximum Gasteiger partial charge on any atom is 0.352 e. The molecule has 1 aromatic carbocycles. The van der Waals surface area contributed by atoms with Gasteiger partial charge in [0, 0.05) is 28.7 Å². The van der Waals surface area contributed by atoms with Gasteiger partial charge in [-0.25, -0.2) is 4.79 Å². The number of hydrogen-bond acceptors (Lipinski definition) is 4. The molecule has 8 heteroatoms. The summed E-state index contributed by atoms with van der Waals surface area (Å²) < 4.78 is 2.59. The molecule has 0 atom stereocenters. The SMILES string of the molecule is Cc1nn(C)c2nc(ONC(=O)Nc3cccc(Br)c3)cc(C(C)C)c12. The largest absolute Gasteiger partial charge is 0.358 e. The normalized spacial score (nSPS) is 11.0. The number of nitrogens with zero attached hydrogens (tertiary/aromatic N) is 3. The summed E-state index contributed by atoms with van der Waals surface area (Å²) in [5, 5.41) is 8.14. The topological polar surface area (TPSA) is 81.1 Å². The lowest BCUT2D eigenvalue weighted by Gasteiger charge is -2.12. The van der Waals surface area contributed by atoms with E-state index in [0.29, 0.717) is 11.6 Å². The highest BCUT2D eigenvalue weighted by Gasteiger charge is 2.16. The van der Waals surface area contributed by atoms with Gasteiger partial charge in [0.1, 0.15) is 0 Å². The minimum Gasteiger partial charge on any atom is -0.358 e. The van der Waals surface area contributed by atoms with Crippen LogP contribution in [0.1, 0.15) is 31.0 Å². The van der Waals surface area contributed by atoms with Gasteiger partial charge in [0.15, 0.2) is 5.65 Å². The second-order valence-corrected chi connectivity index (χ2v) is 7.20. The number of carbonyl (C=O) groups excluding carboxylic acids is 1. The summed E-state index contributed by atoms with van der Waals surface area (Å²) in [6, 6.07) is 8.62. The molecule has 0 saturated carbocycles. The van der Waals surface area contributed by atoms with Crippen LogP contribution in [0.25, 0.3) is 11.0 Å². The fourth-order valence-electron chi connectivity index (χ4n) is 2.78. The van der Waals surface area contributed by atoms with Gasteiger partial charge in [-0.2, -0.15) is 15.6 Å². The van der Waals surface area contributed by atoms with E-state index in [1.54, 1.807) is 16.8 Å². The van der Waals surface area contributed by atoms with Crippen molar-refractivity contribution in [3.05, 3.63) is 46.1 Å². The van der Waals surface area contributed by atoms with Crippen molar-refractivity contribution in [1.82, 2.24) is 20.2 Å². The standard InChI is InChI=1S/C18H20BrN5O2/c1-10(2)14-9-15(21-17-16(14)11(3)22-24(17)4)26-23-18(25)20-13-7-5-6-12(19)8-13/h5-10H,1-4H3,(H2,20,23,25). The zero-order chi connectivity index (χ0) is 18.8. The smallest absolute Gasteiger partial charge is 0.352 e. The molecular weight excluding hydrogens is 398 g/mol. The molecule has 0 bridgehead atoms. The molecule has 0 aliphatic heterocycles. The number of benzene rings is 1. The van der Waals surface area contributed by atoms with Crippen molar-refractivity contribution < 1.29 is 9.63 Å².